The number of benzene rings is 1. The first-order valence-corrected chi connectivity index (χ1v) is 7.39. The van der Waals surface area contributed by atoms with E-state index in [0.29, 0.717) is 0 Å². The van der Waals surface area contributed by atoms with Crippen LogP contribution in [-0.2, 0) is 0 Å². The molecule has 18 heavy (non-hydrogen) atoms. The van der Waals surface area contributed by atoms with Crippen molar-refractivity contribution in [2.45, 2.75) is 24.2 Å². The Kier molecular flexibility index (Phi) is 4.15. The van der Waals surface area contributed by atoms with Crippen molar-refractivity contribution in [1.82, 2.24) is 0 Å². The molecule has 0 aromatic heterocycles. The number of nitriles is 1. The second-order valence-corrected chi connectivity index (χ2v) is 5.67. The van der Waals surface area contributed by atoms with Gasteiger partial charge in [-0.2, -0.15) is 5.26 Å². The number of hydrogen-bond donors (Lipinski definition) is 2. The lowest BCUT2D eigenvalue weighted by molar-refractivity contribution is 0.253. The second-order valence-electron chi connectivity index (χ2n) is 4.82. The molecule has 0 bridgehead atoms. The first kappa shape index (κ1) is 13.3. The Morgan fingerprint density at radius 1 is 1.50 bits per heavy atom. The summed E-state index contributed by atoms with van der Waals surface area (Å²) in [6, 6.07) is 8.16. The third-order valence-corrected chi connectivity index (χ3v) is 4.39. The highest BCUT2D eigenvalue weighted by atomic mass is 32.2. The van der Waals surface area contributed by atoms with Crippen LogP contribution in [0.2, 0.25) is 0 Å². The van der Waals surface area contributed by atoms with Gasteiger partial charge in [0.05, 0.1) is 11.3 Å². The predicted octanol–water partition coefficient (Wildman–Crippen LogP) is 2.85. The average Bonchev–Trinajstić information content (AvgIpc) is 3.16. The van der Waals surface area contributed by atoms with Gasteiger partial charge < -0.3 is 10.4 Å². The van der Waals surface area contributed by atoms with E-state index in [1.165, 1.54) is 12.8 Å². The first-order chi connectivity index (χ1) is 8.74. The van der Waals surface area contributed by atoms with Gasteiger partial charge in [0, 0.05) is 18.0 Å². The number of nitrogens with zero attached hydrogens (tertiary/aromatic N) is 1. The molecule has 0 atom stereocenters. The number of hydrogen-bond acceptors (Lipinski definition) is 4. The Bertz CT molecular complexity index is 463. The average molecular weight is 262 g/mol. The fourth-order valence-corrected chi connectivity index (χ4v) is 2.75. The molecule has 2 rings (SSSR count). The van der Waals surface area contributed by atoms with Crippen LogP contribution in [0.4, 0.5) is 5.69 Å². The maximum absolute atomic E-state index is 9.24. The van der Waals surface area contributed by atoms with Gasteiger partial charge in [0.2, 0.25) is 0 Å². The Morgan fingerprint density at radius 2 is 2.28 bits per heavy atom. The van der Waals surface area contributed by atoms with E-state index in [4.69, 9.17) is 5.11 Å². The lowest BCUT2D eigenvalue weighted by Crippen LogP contribution is -2.17. The smallest absolute Gasteiger partial charge is 0.102 e. The van der Waals surface area contributed by atoms with Crippen molar-refractivity contribution in [2.75, 3.05) is 24.7 Å². The van der Waals surface area contributed by atoms with Gasteiger partial charge >= 0.3 is 0 Å². The maximum Gasteiger partial charge on any atom is 0.102 e. The van der Waals surface area contributed by atoms with Crippen LogP contribution in [0.1, 0.15) is 24.8 Å². The minimum Gasteiger partial charge on any atom is -0.396 e. The summed E-state index contributed by atoms with van der Waals surface area (Å²) in [6.45, 7) is 1.09. The molecule has 2 N–H and O–H groups in total. The molecular weight excluding hydrogens is 244 g/mol. The lowest BCUT2D eigenvalue weighted by atomic mass is 10.0. The number of aliphatic hydroxyl groups is 1. The summed E-state index contributed by atoms with van der Waals surface area (Å²) >= 11 is 1.59. The normalized spacial score (nSPS) is 16.1. The molecular formula is C14H18N2OS. The molecule has 0 spiro atoms. The number of anilines is 1. The molecule has 0 saturated heterocycles. The standard InChI is InChI=1S/C14H18N2OS/c1-18-13-4-2-3-12(11(13)9-15)16-10-14(5-6-14)7-8-17/h2-4,16-17H,5-8,10H2,1H3. The molecule has 1 aliphatic carbocycles. The number of aliphatic hydroxyl groups excluding tert-OH is 1. The third-order valence-electron chi connectivity index (χ3n) is 3.61. The highest BCUT2D eigenvalue weighted by molar-refractivity contribution is 7.98. The molecule has 0 heterocycles. The number of rotatable bonds is 6. The summed E-state index contributed by atoms with van der Waals surface area (Å²) < 4.78 is 0. The lowest BCUT2D eigenvalue weighted by Gasteiger charge is -2.17. The van der Waals surface area contributed by atoms with Crippen LogP contribution < -0.4 is 5.32 Å². The van der Waals surface area contributed by atoms with Gasteiger partial charge in [-0.15, -0.1) is 11.8 Å². The third kappa shape index (κ3) is 2.80. The van der Waals surface area contributed by atoms with E-state index in [-0.39, 0.29) is 12.0 Å². The minimum absolute atomic E-state index is 0.248. The quantitative estimate of drug-likeness (QED) is 0.774. The monoisotopic (exact) mass is 262 g/mol. The number of nitrogens with one attached hydrogen (secondary N) is 1. The Morgan fingerprint density at radius 3 is 2.83 bits per heavy atom. The van der Waals surface area contributed by atoms with Crippen LogP contribution in [0.25, 0.3) is 0 Å². The summed E-state index contributed by atoms with van der Waals surface area (Å²) in [4.78, 5) is 1.01. The van der Waals surface area contributed by atoms with Gasteiger partial charge in [0.15, 0.2) is 0 Å². The summed E-state index contributed by atoms with van der Waals surface area (Å²) in [5.74, 6) is 0. The van der Waals surface area contributed by atoms with Gasteiger partial charge in [-0.25, -0.2) is 0 Å². The van der Waals surface area contributed by atoms with E-state index in [1.807, 2.05) is 24.5 Å². The van der Waals surface area contributed by atoms with E-state index >= 15 is 0 Å². The molecule has 1 aromatic rings. The topological polar surface area (TPSA) is 56.0 Å². The van der Waals surface area contributed by atoms with Crippen molar-refractivity contribution in [2.24, 2.45) is 5.41 Å². The fourth-order valence-electron chi connectivity index (χ4n) is 2.18. The molecule has 4 heteroatoms. The molecule has 1 fully saturated rings. The van der Waals surface area contributed by atoms with Gasteiger partial charge in [0.25, 0.3) is 0 Å². The van der Waals surface area contributed by atoms with Crippen LogP contribution in [0.15, 0.2) is 23.1 Å². The van der Waals surface area contributed by atoms with Crippen LogP contribution in [-0.4, -0.2) is 24.5 Å². The summed E-state index contributed by atoms with van der Waals surface area (Å²) in [6.07, 6.45) is 5.17. The van der Waals surface area contributed by atoms with Crippen LogP contribution in [0, 0.1) is 16.7 Å². The summed E-state index contributed by atoms with van der Waals surface area (Å²) in [7, 11) is 0. The minimum atomic E-state index is 0.248. The second kappa shape index (κ2) is 5.64. The van der Waals surface area contributed by atoms with Crippen molar-refractivity contribution >= 4 is 17.4 Å². The van der Waals surface area contributed by atoms with Gasteiger partial charge in [0.1, 0.15) is 6.07 Å². The van der Waals surface area contributed by atoms with Crippen molar-refractivity contribution in [3.63, 3.8) is 0 Å². The SMILES string of the molecule is CSc1cccc(NCC2(CCO)CC2)c1C#N. The zero-order valence-electron chi connectivity index (χ0n) is 10.6. The van der Waals surface area contributed by atoms with E-state index in [2.05, 4.69) is 11.4 Å². The molecule has 1 aromatic carbocycles. The van der Waals surface area contributed by atoms with E-state index in [9.17, 15) is 5.26 Å². The van der Waals surface area contributed by atoms with E-state index < -0.39 is 0 Å². The molecule has 96 valence electrons. The van der Waals surface area contributed by atoms with Crippen molar-refractivity contribution in [3.05, 3.63) is 23.8 Å². The molecule has 0 radical (unpaired) electrons. The van der Waals surface area contributed by atoms with Crippen LogP contribution in [0.3, 0.4) is 0 Å². The highest BCUT2D eigenvalue weighted by Gasteiger charge is 2.41. The number of thioether (sulfide) groups is 1. The van der Waals surface area contributed by atoms with Crippen molar-refractivity contribution in [3.8, 4) is 6.07 Å². The van der Waals surface area contributed by atoms with Crippen LogP contribution in [0.5, 0.6) is 0 Å². The van der Waals surface area contributed by atoms with Gasteiger partial charge in [-0.3, -0.25) is 0 Å². The van der Waals surface area contributed by atoms with Gasteiger partial charge in [-0.05, 0) is 43.1 Å². The highest BCUT2D eigenvalue weighted by Crippen LogP contribution is 2.48. The van der Waals surface area contributed by atoms with Crippen molar-refractivity contribution < 1.29 is 5.11 Å². The Balaban J connectivity index is 2.08. The summed E-state index contributed by atoms with van der Waals surface area (Å²) in [5.41, 5.74) is 1.90. The van der Waals surface area contributed by atoms with Gasteiger partial charge in [-0.1, -0.05) is 6.07 Å². The molecule has 0 aliphatic heterocycles. The Labute approximate surface area is 112 Å². The zero-order valence-corrected chi connectivity index (χ0v) is 11.4. The van der Waals surface area contributed by atoms with Crippen molar-refractivity contribution in [1.29, 1.82) is 5.26 Å². The predicted molar refractivity (Wildman–Crippen MR) is 74.8 cm³/mol. The van der Waals surface area contributed by atoms with E-state index in [0.717, 1.165) is 29.1 Å². The fraction of sp³-hybridized carbons (Fsp3) is 0.500. The molecule has 0 unspecified atom stereocenters. The largest absolute Gasteiger partial charge is 0.396 e. The van der Waals surface area contributed by atoms with Crippen LogP contribution >= 0.6 is 11.8 Å². The first-order valence-electron chi connectivity index (χ1n) is 6.16. The zero-order chi connectivity index (χ0) is 13.0. The molecule has 1 saturated carbocycles. The maximum atomic E-state index is 9.24. The Hall–Kier alpha value is -1.18. The van der Waals surface area contributed by atoms with E-state index in [1.54, 1.807) is 11.8 Å². The summed E-state index contributed by atoms with van der Waals surface area (Å²) in [5, 5.41) is 21.7. The molecule has 0 amide bonds. The molecule has 1 aliphatic rings. The molecule has 3 nitrogen and oxygen atoms in total.